The first-order valence-electron chi connectivity index (χ1n) is 23.5. The summed E-state index contributed by atoms with van der Waals surface area (Å²) < 4.78 is 47.7. The minimum atomic E-state index is -4.89. The lowest BCUT2D eigenvalue weighted by Gasteiger charge is -2.20. The summed E-state index contributed by atoms with van der Waals surface area (Å²) in [5.74, 6) is -1.22. The molecular weight excluding hydrogens is 878 g/mol. The molecule has 0 fully saturated rings. The fraction of sp³-hybridized carbons (Fsp3) is 0.667. The van der Waals surface area contributed by atoms with Crippen LogP contribution in [0.1, 0.15) is 155 Å². The van der Waals surface area contributed by atoms with Crippen molar-refractivity contribution in [2.45, 2.75) is 180 Å². The number of carbonyl (C=O) groups is 2. The van der Waals surface area contributed by atoms with Crippen molar-refractivity contribution in [3.05, 3.63) is 85.1 Å². The fourth-order valence-corrected chi connectivity index (χ4v) is 7.00. The van der Waals surface area contributed by atoms with E-state index in [9.17, 15) is 38.9 Å². The van der Waals surface area contributed by atoms with E-state index in [1.54, 1.807) is 30.4 Å². The summed E-state index contributed by atoms with van der Waals surface area (Å²) in [4.78, 5) is 52.8. The number of hydrogen-bond donors (Lipinski definition) is 6. The summed E-state index contributed by atoms with van der Waals surface area (Å²) in [7, 11) is -9.75. The number of unbranched alkanes of at least 4 members (excludes halogenated alkanes) is 14. The zero-order valence-electron chi connectivity index (χ0n) is 39.0. The highest BCUT2D eigenvalue weighted by atomic mass is 31.2. The minimum absolute atomic E-state index is 0.00420. The summed E-state index contributed by atoms with van der Waals surface area (Å²) in [5.41, 5.74) is 0. The van der Waals surface area contributed by atoms with E-state index in [4.69, 9.17) is 23.8 Å². The second-order valence-electron chi connectivity index (χ2n) is 15.7. The number of aliphatic hydroxyl groups is 3. The first-order chi connectivity index (χ1) is 31.2. The van der Waals surface area contributed by atoms with Crippen molar-refractivity contribution in [1.29, 1.82) is 0 Å². The van der Waals surface area contributed by atoms with E-state index in [0.29, 0.717) is 32.1 Å². The second-order valence-corrected chi connectivity index (χ2v) is 18.4. The molecule has 0 aliphatic heterocycles. The van der Waals surface area contributed by atoms with Gasteiger partial charge in [-0.05, 0) is 64.2 Å². The Labute approximate surface area is 389 Å². The van der Waals surface area contributed by atoms with E-state index < -0.39 is 78.4 Å². The number of carbonyl (C=O) groups excluding carboxylic acids is 2. The van der Waals surface area contributed by atoms with Gasteiger partial charge in [-0.2, -0.15) is 0 Å². The lowest BCUT2D eigenvalue weighted by atomic mass is 10.1. The van der Waals surface area contributed by atoms with Crippen LogP contribution in [0.3, 0.4) is 0 Å². The number of esters is 2. The molecule has 65 heavy (non-hydrogen) atoms. The summed E-state index contributed by atoms with van der Waals surface area (Å²) in [6.45, 7) is 1.35. The van der Waals surface area contributed by atoms with E-state index in [2.05, 4.69) is 28.1 Å². The highest BCUT2D eigenvalue weighted by molar-refractivity contribution is 7.47. The van der Waals surface area contributed by atoms with Gasteiger partial charge in [-0.3, -0.25) is 23.2 Å². The third-order valence-corrected chi connectivity index (χ3v) is 10.9. The highest BCUT2D eigenvalue weighted by Gasteiger charge is 2.28. The van der Waals surface area contributed by atoms with Gasteiger partial charge < -0.3 is 39.5 Å². The molecule has 0 aromatic carbocycles. The maximum Gasteiger partial charge on any atom is 0.472 e. The van der Waals surface area contributed by atoms with Crippen molar-refractivity contribution < 1.29 is 71.8 Å². The zero-order valence-corrected chi connectivity index (χ0v) is 40.8. The van der Waals surface area contributed by atoms with E-state index in [1.807, 2.05) is 49.5 Å². The van der Waals surface area contributed by atoms with Gasteiger partial charge in [0.1, 0.15) is 12.7 Å². The zero-order chi connectivity index (χ0) is 48.3. The number of aliphatic hydroxyl groups excluding tert-OH is 3. The summed E-state index contributed by atoms with van der Waals surface area (Å²) in [5, 5.41) is 29.8. The number of ether oxygens (including phenoxy) is 2. The molecule has 0 saturated carbocycles. The first kappa shape index (κ1) is 62.2. The molecule has 0 heterocycles. The smallest absolute Gasteiger partial charge is 0.462 e. The maximum absolute atomic E-state index is 12.7. The average molecular weight is 961 g/mol. The Balaban J connectivity index is 4.72. The molecule has 0 radical (unpaired) electrons. The molecule has 0 amide bonds. The van der Waals surface area contributed by atoms with E-state index in [-0.39, 0.29) is 12.8 Å². The van der Waals surface area contributed by atoms with Crippen molar-refractivity contribution in [2.24, 2.45) is 0 Å². The van der Waals surface area contributed by atoms with Gasteiger partial charge in [0.25, 0.3) is 0 Å². The maximum atomic E-state index is 12.7. The van der Waals surface area contributed by atoms with Gasteiger partial charge in [-0.15, -0.1) is 0 Å². The van der Waals surface area contributed by atoms with Crippen LogP contribution in [0.15, 0.2) is 85.1 Å². The van der Waals surface area contributed by atoms with Crippen LogP contribution in [0.4, 0.5) is 0 Å². The molecule has 0 spiro atoms. The first-order valence-corrected chi connectivity index (χ1v) is 26.5. The quantitative estimate of drug-likeness (QED) is 0.0110. The van der Waals surface area contributed by atoms with Crippen molar-refractivity contribution in [1.82, 2.24) is 0 Å². The molecule has 0 aromatic rings. The molecule has 6 N–H and O–H groups in total. The highest BCUT2D eigenvalue weighted by Crippen LogP contribution is 2.43. The molecule has 0 bridgehead atoms. The summed E-state index contributed by atoms with van der Waals surface area (Å²) >= 11 is 0. The van der Waals surface area contributed by atoms with E-state index in [1.165, 1.54) is 38.5 Å². The number of allylic oxidation sites excluding steroid dienone is 10. The SMILES string of the molecule is CC/C=C\C[C@@H](O)/C=C/C=C\C/C=C\C=C\[C@@H](O)/C=C\CCCC(=O)OC[C@H](COP(=O)(O)OC[C@@H](O)COP(=O)(O)O)OC(=O)CCCCCCCCC/C=C\CCCCCCCC. The lowest BCUT2D eigenvalue weighted by Crippen LogP contribution is -2.30. The molecule has 5 atom stereocenters. The van der Waals surface area contributed by atoms with Crippen molar-refractivity contribution in [2.75, 3.05) is 26.4 Å². The van der Waals surface area contributed by atoms with Crippen LogP contribution in [-0.2, 0) is 41.8 Å². The Bertz CT molecular complexity index is 1500. The van der Waals surface area contributed by atoms with Crippen LogP contribution in [-0.4, -0.2) is 92.8 Å². The standard InChI is InChI=1S/C48H82O15P2/c1-3-5-7-8-9-10-11-12-13-14-15-16-17-18-22-25-31-38-48(53)63-46(42-62-65(57,58)61-40-45(51)39-60-64(54,55)56)41-59-47(52)37-32-26-30-36-44(50)35-29-24-21-19-20-23-28-34-43(49)33-27-6-4-2/h6,12-13,20-21,23-24,27-30,34-36,43-46,49-51H,3-5,7-11,14-19,22,25-26,31-33,37-42H2,1-2H3,(H,57,58)(H2,54,55,56)/b13-12-,23-20-,24-21-,27-6-,34-28+,35-29+,36-30-/t43-,44-,45+,46-/m1/s1. The van der Waals surface area contributed by atoms with Crippen molar-refractivity contribution >= 4 is 27.6 Å². The molecule has 0 aliphatic rings. The number of hydrogen-bond acceptors (Lipinski definition) is 12. The van der Waals surface area contributed by atoms with Crippen LogP contribution < -0.4 is 0 Å². The number of phosphoric ester groups is 2. The Hall–Kier alpha value is -2.78. The average Bonchev–Trinajstić information content (AvgIpc) is 3.26. The van der Waals surface area contributed by atoms with E-state index in [0.717, 1.165) is 57.8 Å². The molecule has 374 valence electrons. The van der Waals surface area contributed by atoms with Gasteiger partial charge in [0.2, 0.25) is 0 Å². The third kappa shape index (κ3) is 46.1. The van der Waals surface area contributed by atoms with Crippen LogP contribution in [0.5, 0.6) is 0 Å². The Kier molecular flexibility index (Phi) is 40.7. The second kappa shape index (κ2) is 42.6. The molecule has 17 heteroatoms. The normalized spacial score (nSPS) is 15.6. The lowest BCUT2D eigenvalue weighted by molar-refractivity contribution is -0.161. The number of rotatable bonds is 43. The summed E-state index contributed by atoms with van der Waals surface area (Å²) in [6.07, 6.45) is 42.1. The van der Waals surface area contributed by atoms with Gasteiger partial charge in [0, 0.05) is 12.8 Å². The van der Waals surface area contributed by atoms with E-state index >= 15 is 0 Å². The van der Waals surface area contributed by atoms with Gasteiger partial charge in [0.05, 0.1) is 32.0 Å². The minimum Gasteiger partial charge on any atom is -0.462 e. The van der Waals surface area contributed by atoms with Gasteiger partial charge >= 0.3 is 27.6 Å². The fourth-order valence-electron chi connectivity index (χ4n) is 5.85. The summed E-state index contributed by atoms with van der Waals surface area (Å²) in [6, 6.07) is 0. The molecule has 0 saturated heterocycles. The van der Waals surface area contributed by atoms with Crippen LogP contribution in [0.25, 0.3) is 0 Å². The van der Waals surface area contributed by atoms with Crippen LogP contribution in [0, 0.1) is 0 Å². The molecular formula is C48H82O15P2. The Morgan fingerprint density at radius 3 is 1.72 bits per heavy atom. The third-order valence-electron chi connectivity index (χ3n) is 9.43. The molecule has 15 nitrogen and oxygen atoms in total. The largest absolute Gasteiger partial charge is 0.472 e. The van der Waals surface area contributed by atoms with Crippen LogP contribution >= 0.6 is 15.6 Å². The molecule has 0 rings (SSSR count). The predicted octanol–water partition coefficient (Wildman–Crippen LogP) is 10.3. The van der Waals surface area contributed by atoms with Gasteiger partial charge in [-0.1, -0.05) is 163 Å². The monoisotopic (exact) mass is 961 g/mol. The Morgan fingerprint density at radius 1 is 0.538 bits per heavy atom. The van der Waals surface area contributed by atoms with Crippen molar-refractivity contribution in [3.8, 4) is 0 Å². The number of phosphoric acid groups is 2. The van der Waals surface area contributed by atoms with Crippen molar-refractivity contribution in [3.63, 3.8) is 0 Å². The van der Waals surface area contributed by atoms with Crippen LogP contribution in [0.2, 0.25) is 0 Å². The predicted molar refractivity (Wildman–Crippen MR) is 255 cm³/mol. The van der Waals surface area contributed by atoms with Gasteiger partial charge in [-0.25, -0.2) is 9.13 Å². The van der Waals surface area contributed by atoms with Gasteiger partial charge in [0.15, 0.2) is 6.10 Å². The Morgan fingerprint density at radius 2 is 1.09 bits per heavy atom. The molecule has 0 aliphatic carbocycles. The molecule has 0 aromatic heterocycles. The topological polar surface area (TPSA) is 236 Å². The molecule has 1 unspecified atom stereocenters.